The molecule has 150 valence electrons. The molecular weight excluding hydrogens is 362 g/mol. The third-order valence-electron chi connectivity index (χ3n) is 4.68. The number of nitrogens with zero attached hydrogens (tertiary/aromatic N) is 2. The van der Waals surface area contributed by atoms with Crippen LogP contribution in [0.15, 0.2) is 61.2 Å². The summed E-state index contributed by atoms with van der Waals surface area (Å²) in [5, 5.41) is 3.54. The average molecular weight is 389 g/mol. The first-order chi connectivity index (χ1) is 14.2. The summed E-state index contributed by atoms with van der Waals surface area (Å²) in [6.45, 7) is 5.95. The Labute approximate surface area is 172 Å². The molecule has 3 rings (SSSR count). The standard InChI is InChI=1S/C24H27N3O2/c1-3-29-24(28)14-20-13-22(17-27-15-20)23-5-4-18(2)12-21(23)16-26-11-8-19-6-9-25-10-7-19/h4-7,9-10,12-13,15,17,26H,3,8,11,14,16H2,1-2H3. The second-order valence-corrected chi connectivity index (χ2v) is 7.01. The zero-order valence-electron chi connectivity index (χ0n) is 17.0. The number of pyridine rings is 2. The van der Waals surface area contributed by atoms with Crippen LogP contribution in [0.5, 0.6) is 0 Å². The van der Waals surface area contributed by atoms with Crippen molar-refractivity contribution in [1.82, 2.24) is 15.3 Å². The van der Waals surface area contributed by atoms with Crippen LogP contribution in [0.25, 0.3) is 11.1 Å². The summed E-state index contributed by atoms with van der Waals surface area (Å²) in [6.07, 6.45) is 8.41. The third kappa shape index (κ3) is 6.22. The Morgan fingerprint density at radius 3 is 2.66 bits per heavy atom. The van der Waals surface area contributed by atoms with Gasteiger partial charge in [0.1, 0.15) is 0 Å². The van der Waals surface area contributed by atoms with Crippen LogP contribution in [-0.2, 0) is 28.9 Å². The van der Waals surface area contributed by atoms with Crippen molar-refractivity contribution in [2.45, 2.75) is 33.2 Å². The molecular formula is C24H27N3O2. The molecule has 0 aliphatic rings. The van der Waals surface area contributed by atoms with Gasteiger partial charge in [-0.25, -0.2) is 0 Å². The maximum absolute atomic E-state index is 11.8. The van der Waals surface area contributed by atoms with Crippen molar-refractivity contribution in [3.8, 4) is 11.1 Å². The summed E-state index contributed by atoms with van der Waals surface area (Å²) < 4.78 is 5.05. The van der Waals surface area contributed by atoms with E-state index in [1.165, 1.54) is 16.7 Å². The van der Waals surface area contributed by atoms with Gasteiger partial charge < -0.3 is 10.1 Å². The van der Waals surface area contributed by atoms with E-state index in [-0.39, 0.29) is 12.4 Å². The Morgan fingerprint density at radius 1 is 1.03 bits per heavy atom. The van der Waals surface area contributed by atoms with Gasteiger partial charge >= 0.3 is 5.97 Å². The normalized spacial score (nSPS) is 10.7. The highest BCUT2D eigenvalue weighted by molar-refractivity contribution is 5.74. The lowest BCUT2D eigenvalue weighted by Crippen LogP contribution is -2.17. The summed E-state index contributed by atoms with van der Waals surface area (Å²) in [5.74, 6) is -0.228. The molecule has 2 aromatic heterocycles. The van der Waals surface area contributed by atoms with Crippen molar-refractivity contribution >= 4 is 5.97 Å². The Balaban J connectivity index is 1.70. The lowest BCUT2D eigenvalue weighted by molar-refractivity contribution is -0.142. The van der Waals surface area contributed by atoms with Crippen LogP contribution in [0.2, 0.25) is 0 Å². The summed E-state index contributed by atoms with van der Waals surface area (Å²) in [7, 11) is 0. The molecule has 0 amide bonds. The number of carbonyl (C=O) groups excluding carboxylic acids is 1. The lowest BCUT2D eigenvalue weighted by Gasteiger charge is -2.13. The van der Waals surface area contributed by atoms with Crippen LogP contribution < -0.4 is 5.32 Å². The molecule has 1 aromatic carbocycles. The van der Waals surface area contributed by atoms with Crippen molar-refractivity contribution in [1.29, 1.82) is 0 Å². The van der Waals surface area contributed by atoms with E-state index < -0.39 is 0 Å². The minimum atomic E-state index is -0.228. The first-order valence-corrected chi connectivity index (χ1v) is 9.94. The molecule has 0 saturated carbocycles. The molecule has 1 N–H and O–H groups in total. The van der Waals surface area contributed by atoms with Crippen LogP contribution in [0.3, 0.4) is 0 Å². The number of nitrogens with one attached hydrogen (secondary N) is 1. The Morgan fingerprint density at radius 2 is 1.86 bits per heavy atom. The van der Waals surface area contributed by atoms with E-state index in [0.717, 1.165) is 36.2 Å². The van der Waals surface area contributed by atoms with Gasteiger partial charge in [-0.2, -0.15) is 0 Å². The Hall–Kier alpha value is -3.05. The number of benzene rings is 1. The highest BCUT2D eigenvalue weighted by Gasteiger charge is 2.09. The van der Waals surface area contributed by atoms with E-state index in [1.54, 1.807) is 6.20 Å². The summed E-state index contributed by atoms with van der Waals surface area (Å²) in [6, 6.07) is 12.5. The summed E-state index contributed by atoms with van der Waals surface area (Å²) in [5.41, 5.74) is 6.71. The summed E-state index contributed by atoms with van der Waals surface area (Å²) >= 11 is 0. The molecule has 0 aliphatic heterocycles. The molecule has 0 fully saturated rings. The molecule has 29 heavy (non-hydrogen) atoms. The van der Waals surface area contributed by atoms with Crippen molar-refractivity contribution in [3.05, 3.63) is 83.4 Å². The molecule has 2 heterocycles. The molecule has 0 spiro atoms. The monoisotopic (exact) mass is 389 g/mol. The highest BCUT2D eigenvalue weighted by Crippen LogP contribution is 2.25. The minimum absolute atomic E-state index is 0.228. The fourth-order valence-corrected chi connectivity index (χ4v) is 3.27. The van der Waals surface area contributed by atoms with Gasteiger partial charge in [0.05, 0.1) is 13.0 Å². The number of aryl methyl sites for hydroxylation is 1. The van der Waals surface area contributed by atoms with Gasteiger partial charge in [0.25, 0.3) is 0 Å². The van der Waals surface area contributed by atoms with Gasteiger partial charge in [-0.1, -0.05) is 23.8 Å². The molecule has 5 heteroatoms. The van der Waals surface area contributed by atoms with Crippen LogP contribution in [0, 0.1) is 6.92 Å². The van der Waals surface area contributed by atoms with Crippen molar-refractivity contribution in [3.63, 3.8) is 0 Å². The van der Waals surface area contributed by atoms with Crippen LogP contribution in [0.4, 0.5) is 0 Å². The predicted molar refractivity (Wildman–Crippen MR) is 114 cm³/mol. The lowest BCUT2D eigenvalue weighted by atomic mass is 9.97. The van der Waals surface area contributed by atoms with E-state index >= 15 is 0 Å². The van der Waals surface area contributed by atoms with E-state index in [0.29, 0.717) is 6.61 Å². The van der Waals surface area contributed by atoms with E-state index in [2.05, 4.69) is 40.4 Å². The Bertz CT molecular complexity index is 942. The Kier molecular flexibility index (Phi) is 7.47. The molecule has 0 radical (unpaired) electrons. The van der Waals surface area contributed by atoms with Gasteiger partial charge in [0, 0.05) is 36.9 Å². The second kappa shape index (κ2) is 10.5. The van der Waals surface area contributed by atoms with Gasteiger partial charge in [-0.05, 0) is 67.3 Å². The fraction of sp³-hybridized carbons (Fsp3) is 0.292. The number of hydrogen-bond donors (Lipinski definition) is 1. The van der Waals surface area contributed by atoms with Crippen LogP contribution in [0.1, 0.15) is 29.2 Å². The third-order valence-corrected chi connectivity index (χ3v) is 4.68. The largest absolute Gasteiger partial charge is 0.466 e. The second-order valence-electron chi connectivity index (χ2n) is 7.01. The molecule has 0 bridgehead atoms. The van der Waals surface area contributed by atoms with Crippen LogP contribution >= 0.6 is 0 Å². The maximum atomic E-state index is 11.8. The fourth-order valence-electron chi connectivity index (χ4n) is 3.27. The van der Waals surface area contributed by atoms with E-state index in [1.807, 2.05) is 43.7 Å². The molecule has 5 nitrogen and oxygen atoms in total. The zero-order chi connectivity index (χ0) is 20.5. The number of rotatable bonds is 9. The molecule has 0 unspecified atom stereocenters. The van der Waals surface area contributed by atoms with Crippen molar-refractivity contribution in [2.75, 3.05) is 13.2 Å². The quantitative estimate of drug-likeness (QED) is 0.444. The molecule has 0 atom stereocenters. The number of hydrogen-bond acceptors (Lipinski definition) is 5. The number of ether oxygens (including phenoxy) is 1. The van der Waals surface area contributed by atoms with E-state index in [9.17, 15) is 4.79 Å². The first-order valence-electron chi connectivity index (χ1n) is 9.94. The van der Waals surface area contributed by atoms with Crippen molar-refractivity contribution < 1.29 is 9.53 Å². The molecule has 0 saturated heterocycles. The van der Waals surface area contributed by atoms with Gasteiger partial charge in [-0.3, -0.25) is 14.8 Å². The maximum Gasteiger partial charge on any atom is 0.310 e. The SMILES string of the molecule is CCOC(=O)Cc1cncc(-c2ccc(C)cc2CNCCc2ccncc2)c1. The predicted octanol–water partition coefficient (Wildman–Crippen LogP) is 3.89. The van der Waals surface area contributed by atoms with Gasteiger partial charge in [0.2, 0.25) is 0 Å². The van der Waals surface area contributed by atoms with Gasteiger partial charge in [-0.15, -0.1) is 0 Å². The zero-order valence-corrected chi connectivity index (χ0v) is 17.0. The van der Waals surface area contributed by atoms with Crippen LogP contribution in [-0.4, -0.2) is 29.1 Å². The molecule has 0 aliphatic carbocycles. The smallest absolute Gasteiger partial charge is 0.310 e. The molecule has 3 aromatic rings. The number of carbonyl (C=O) groups is 1. The number of aromatic nitrogens is 2. The van der Waals surface area contributed by atoms with E-state index in [4.69, 9.17) is 4.74 Å². The number of esters is 1. The summed E-state index contributed by atoms with van der Waals surface area (Å²) in [4.78, 5) is 20.2. The highest BCUT2D eigenvalue weighted by atomic mass is 16.5. The topological polar surface area (TPSA) is 64.1 Å². The van der Waals surface area contributed by atoms with Crippen molar-refractivity contribution in [2.24, 2.45) is 0 Å². The minimum Gasteiger partial charge on any atom is -0.466 e. The first kappa shape index (κ1) is 20.7. The average Bonchev–Trinajstić information content (AvgIpc) is 2.72. The van der Waals surface area contributed by atoms with Gasteiger partial charge in [0.15, 0.2) is 0 Å².